The molecule has 1 atom stereocenters. The summed E-state index contributed by atoms with van der Waals surface area (Å²) in [6.07, 6.45) is -0.337. The van der Waals surface area contributed by atoms with E-state index < -0.39 is 17.7 Å². The van der Waals surface area contributed by atoms with Crippen LogP contribution >= 0.6 is 11.6 Å². The van der Waals surface area contributed by atoms with Crippen LogP contribution in [-0.4, -0.2) is 111 Å². The molecule has 0 saturated carbocycles. The number of halogens is 1. The van der Waals surface area contributed by atoms with E-state index in [1.165, 1.54) is 0 Å². The molecule has 1 aliphatic rings. The number of nitrogens with one attached hydrogen (secondary N) is 2. The first kappa shape index (κ1) is 39.7. The van der Waals surface area contributed by atoms with Crippen molar-refractivity contribution in [1.82, 2.24) is 25.4 Å². The lowest BCUT2D eigenvalue weighted by atomic mass is 10.00. The summed E-state index contributed by atoms with van der Waals surface area (Å²) in [5.41, 5.74) is 2.67. The molecule has 0 fully saturated rings. The molecule has 4 rings (SSSR count). The topological polar surface area (TPSA) is 157 Å². The molecule has 2 amide bonds. The van der Waals surface area contributed by atoms with Crippen LogP contribution in [0.15, 0.2) is 47.5 Å². The van der Waals surface area contributed by atoms with Crippen molar-refractivity contribution in [2.45, 2.75) is 52.7 Å². The SMILES string of the molecule is CCNC(=O)C[C@@H]1N=C(c2ccc(Cl)cc2)c2cc(OCCOCCOCCOCCOCCNC(=O)OC(C)(C)C)ccc2-n2c(C)nnc21. The van der Waals surface area contributed by atoms with E-state index in [0.29, 0.717) is 101 Å². The van der Waals surface area contributed by atoms with Gasteiger partial charge in [0.2, 0.25) is 5.91 Å². The number of aryl methyl sites for hydroxylation is 1. The summed E-state index contributed by atoms with van der Waals surface area (Å²) in [4.78, 5) is 29.4. The van der Waals surface area contributed by atoms with Crippen LogP contribution in [0.2, 0.25) is 5.02 Å². The Kier molecular flexibility index (Phi) is 15.6. The van der Waals surface area contributed by atoms with Gasteiger partial charge in [0.25, 0.3) is 0 Å². The van der Waals surface area contributed by atoms with Crippen LogP contribution in [0.4, 0.5) is 4.79 Å². The zero-order chi connectivity index (χ0) is 36.6. The van der Waals surface area contributed by atoms with Crippen LogP contribution in [0, 0.1) is 6.92 Å². The third-order valence-corrected chi connectivity index (χ3v) is 7.55. The van der Waals surface area contributed by atoms with Crippen molar-refractivity contribution in [3.8, 4) is 11.4 Å². The molecule has 0 unspecified atom stereocenters. The molecule has 0 bridgehead atoms. The van der Waals surface area contributed by atoms with Crippen LogP contribution < -0.4 is 15.4 Å². The third-order valence-electron chi connectivity index (χ3n) is 7.29. The van der Waals surface area contributed by atoms with Gasteiger partial charge in [0, 0.05) is 29.2 Å². The predicted octanol–water partition coefficient (Wildman–Crippen LogP) is 4.62. The lowest BCUT2D eigenvalue weighted by Gasteiger charge is -2.19. The first-order chi connectivity index (χ1) is 24.6. The fraction of sp³-hybridized carbons (Fsp3) is 0.528. The first-order valence-electron chi connectivity index (χ1n) is 17.1. The van der Waals surface area contributed by atoms with Gasteiger partial charge in [-0.3, -0.25) is 14.4 Å². The Labute approximate surface area is 304 Å². The quantitative estimate of drug-likeness (QED) is 0.158. The molecule has 15 heteroatoms. The second kappa shape index (κ2) is 20.1. The average Bonchev–Trinajstić information content (AvgIpc) is 3.40. The fourth-order valence-corrected chi connectivity index (χ4v) is 5.23. The number of amides is 2. The van der Waals surface area contributed by atoms with Gasteiger partial charge in [-0.15, -0.1) is 10.2 Å². The second-order valence-electron chi connectivity index (χ2n) is 12.5. The Morgan fingerprint density at radius 1 is 0.843 bits per heavy atom. The van der Waals surface area contributed by atoms with E-state index in [9.17, 15) is 9.59 Å². The van der Waals surface area contributed by atoms with E-state index in [2.05, 4.69) is 20.8 Å². The number of aliphatic imine (C=N–C) groups is 1. The highest BCUT2D eigenvalue weighted by Gasteiger charge is 2.30. The van der Waals surface area contributed by atoms with Gasteiger partial charge in [0.1, 0.15) is 29.8 Å². The fourth-order valence-electron chi connectivity index (χ4n) is 5.10. The lowest BCUT2D eigenvalue weighted by Crippen LogP contribution is -2.34. The summed E-state index contributed by atoms with van der Waals surface area (Å²) in [5, 5.41) is 14.9. The van der Waals surface area contributed by atoms with Crippen LogP contribution in [0.25, 0.3) is 5.69 Å². The van der Waals surface area contributed by atoms with Gasteiger partial charge in [0.15, 0.2) is 5.82 Å². The van der Waals surface area contributed by atoms with Gasteiger partial charge < -0.3 is 39.1 Å². The molecule has 14 nitrogen and oxygen atoms in total. The van der Waals surface area contributed by atoms with Crippen LogP contribution in [0.5, 0.6) is 5.75 Å². The van der Waals surface area contributed by atoms with E-state index in [-0.39, 0.29) is 12.3 Å². The van der Waals surface area contributed by atoms with Crippen LogP contribution in [0.1, 0.15) is 62.9 Å². The van der Waals surface area contributed by atoms with Crippen molar-refractivity contribution >= 4 is 29.3 Å². The molecule has 278 valence electrons. The van der Waals surface area contributed by atoms with Crippen molar-refractivity contribution in [2.24, 2.45) is 4.99 Å². The molecule has 1 aromatic heterocycles. The Balaban J connectivity index is 1.20. The molecule has 0 aliphatic carbocycles. The Bertz CT molecular complexity index is 1590. The minimum absolute atomic E-state index is 0.118. The molecule has 2 heterocycles. The van der Waals surface area contributed by atoms with Gasteiger partial charge in [0.05, 0.1) is 70.7 Å². The zero-order valence-electron chi connectivity index (χ0n) is 30.0. The van der Waals surface area contributed by atoms with Crippen molar-refractivity contribution < 1.29 is 38.0 Å². The molecule has 3 aromatic rings. The number of hydrogen-bond acceptors (Lipinski definition) is 11. The lowest BCUT2D eigenvalue weighted by molar-refractivity contribution is -0.121. The largest absolute Gasteiger partial charge is 0.491 e. The van der Waals surface area contributed by atoms with Gasteiger partial charge in [-0.1, -0.05) is 23.7 Å². The van der Waals surface area contributed by atoms with Gasteiger partial charge in [-0.25, -0.2) is 4.79 Å². The summed E-state index contributed by atoms with van der Waals surface area (Å²) in [7, 11) is 0. The maximum atomic E-state index is 12.7. The summed E-state index contributed by atoms with van der Waals surface area (Å²) >= 11 is 6.21. The molecule has 2 aromatic carbocycles. The zero-order valence-corrected chi connectivity index (χ0v) is 30.8. The first-order valence-corrected chi connectivity index (χ1v) is 17.5. The number of carbonyl (C=O) groups excluding carboxylic acids is 2. The number of aromatic nitrogens is 3. The Morgan fingerprint density at radius 3 is 2.10 bits per heavy atom. The standard InChI is InChI=1S/C36H49ClN6O8/c1-6-38-32(44)24-30-34-42-41-25(2)43(34)31-12-11-28(23-29(31)33(40-30)26-7-9-27(37)10-8-26)50-22-21-49-20-19-48-18-17-47-16-15-46-14-13-39-35(45)51-36(3,4)5/h7-12,23,30H,6,13-22,24H2,1-5H3,(H,38,44)(H,39,45)/t30-/m0/s1. The number of hydrogen-bond donors (Lipinski definition) is 2. The predicted molar refractivity (Wildman–Crippen MR) is 192 cm³/mol. The second-order valence-corrected chi connectivity index (χ2v) is 12.9. The number of nitrogens with zero attached hydrogens (tertiary/aromatic N) is 4. The molecule has 1 aliphatic heterocycles. The van der Waals surface area contributed by atoms with Crippen molar-refractivity contribution in [3.05, 3.63) is 70.3 Å². The monoisotopic (exact) mass is 728 g/mol. The molecule has 0 spiro atoms. The van der Waals surface area contributed by atoms with E-state index >= 15 is 0 Å². The van der Waals surface area contributed by atoms with Crippen LogP contribution in [0.3, 0.4) is 0 Å². The van der Waals surface area contributed by atoms with E-state index in [0.717, 1.165) is 16.8 Å². The molecular weight excluding hydrogens is 680 g/mol. The molecule has 51 heavy (non-hydrogen) atoms. The van der Waals surface area contributed by atoms with E-state index in [4.69, 9.17) is 45.0 Å². The summed E-state index contributed by atoms with van der Waals surface area (Å²) in [6, 6.07) is 12.7. The maximum absolute atomic E-state index is 12.7. The Hall–Kier alpha value is -4.08. The smallest absolute Gasteiger partial charge is 0.407 e. The third kappa shape index (κ3) is 12.9. The van der Waals surface area contributed by atoms with Gasteiger partial charge >= 0.3 is 6.09 Å². The number of ether oxygens (including phenoxy) is 6. The minimum Gasteiger partial charge on any atom is -0.491 e. The summed E-state index contributed by atoms with van der Waals surface area (Å²) in [6.45, 7) is 13.7. The number of alkyl carbamates (subject to hydrolysis) is 1. The summed E-state index contributed by atoms with van der Waals surface area (Å²) < 4.78 is 35.4. The number of benzene rings is 2. The highest BCUT2D eigenvalue weighted by atomic mass is 35.5. The van der Waals surface area contributed by atoms with E-state index in [1.807, 2.05) is 81.7 Å². The van der Waals surface area contributed by atoms with Gasteiger partial charge in [-0.2, -0.15) is 0 Å². The van der Waals surface area contributed by atoms with E-state index in [1.54, 1.807) is 0 Å². The molecule has 0 radical (unpaired) electrons. The Morgan fingerprint density at radius 2 is 1.47 bits per heavy atom. The molecular formula is C36H49ClN6O8. The average molecular weight is 729 g/mol. The van der Waals surface area contributed by atoms with Crippen molar-refractivity contribution in [3.63, 3.8) is 0 Å². The molecule has 0 saturated heterocycles. The van der Waals surface area contributed by atoms with Crippen molar-refractivity contribution in [1.29, 1.82) is 0 Å². The normalized spacial score (nSPS) is 13.8. The highest BCUT2D eigenvalue weighted by molar-refractivity contribution is 6.30. The maximum Gasteiger partial charge on any atom is 0.407 e. The van der Waals surface area contributed by atoms with Crippen molar-refractivity contribution in [2.75, 3.05) is 72.6 Å². The number of carbonyl (C=O) groups is 2. The van der Waals surface area contributed by atoms with Gasteiger partial charge in [-0.05, 0) is 65.0 Å². The minimum atomic E-state index is -0.553. The van der Waals surface area contributed by atoms with Crippen LogP contribution in [-0.2, 0) is 28.5 Å². The highest BCUT2D eigenvalue weighted by Crippen LogP contribution is 2.34. The molecule has 2 N–H and O–H groups in total. The number of fused-ring (bicyclic) bond motifs is 3. The summed E-state index contributed by atoms with van der Waals surface area (Å²) in [5.74, 6) is 1.80. The number of rotatable bonds is 20.